The first kappa shape index (κ1) is 12.5. The number of hydrogen-bond acceptors (Lipinski definition) is 2. The molecule has 0 fully saturated rings. The van der Waals surface area contributed by atoms with Crippen molar-refractivity contribution in [1.82, 2.24) is 0 Å². The second kappa shape index (κ2) is 5.52. The van der Waals surface area contributed by atoms with E-state index in [1.807, 2.05) is 0 Å². The summed E-state index contributed by atoms with van der Waals surface area (Å²) in [4.78, 5) is 0.583. The lowest BCUT2D eigenvalue weighted by Crippen LogP contribution is -2.05. The Balaban J connectivity index is 2.82. The molecule has 1 aromatic carbocycles. The summed E-state index contributed by atoms with van der Waals surface area (Å²) in [5.41, 5.74) is 6.27. The van der Waals surface area contributed by atoms with E-state index in [9.17, 15) is 4.21 Å². The van der Waals surface area contributed by atoms with Crippen LogP contribution in [0.1, 0.15) is 20.3 Å². The number of benzene rings is 1. The molecule has 15 heavy (non-hydrogen) atoms. The summed E-state index contributed by atoms with van der Waals surface area (Å²) >= 11 is 5.97. The molecule has 0 radical (unpaired) electrons. The quantitative estimate of drug-likeness (QED) is 0.829. The van der Waals surface area contributed by atoms with Gasteiger partial charge in [-0.3, -0.25) is 4.21 Å². The van der Waals surface area contributed by atoms with Crippen molar-refractivity contribution >= 4 is 28.1 Å². The Morgan fingerprint density at radius 3 is 2.67 bits per heavy atom. The summed E-state index contributed by atoms with van der Waals surface area (Å²) in [5, 5.41) is 0.497. The SMILES string of the molecule is CC(C)CCS(=O)c1c(N)cccc1Cl. The van der Waals surface area contributed by atoms with Crippen LogP contribution in [0.15, 0.2) is 23.1 Å². The molecule has 84 valence electrons. The first-order chi connectivity index (χ1) is 7.02. The van der Waals surface area contributed by atoms with E-state index >= 15 is 0 Å². The van der Waals surface area contributed by atoms with Crippen LogP contribution in [-0.2, 0) is 10.8 Å². The second-order valence-electron chi connectivity index (χ2n) is 3.89. The summed E-state index contributed by atoms with van der Waals surface area (Å²) in [6.07, 6.45) is 0.914. The monoisotopic (exact) mass is 245 g/mol. The molecule has 0 spiro atoms. The molecule has 2 nitrogen and oxygen atoms in total. The third-order valence-corrected chi connectivity index (χ3v) is 4.05. The van der Waals surface area contributed by atoms with Crippen molar-refractivity contribution in [2.75, 3.05) is 11.5 Å². The molecule has 0 bridgehead atoms. The summed E-state index contributed by atoms with van der Waals surface area (Å²) in [6.45, 7) is 4.21. The summed E-state index contributed by atoms with van der Waals surface area (Å²) < 4.78 is 11.9. The minimum absolute atomic E-state index is 0.497. The van der Waals surface area contributed by atoms with Crippen LogP contribution in [0.4, 0.5) is 5.69 Å². The van der Waals surface area contributed by atoms with E-state index in [-0.39, 0.29) is 0 Å². The van der Waals surface area contributed by atoms with Crippen molar-refractivity contribution in [1.29, 1.82) is 0 Å². The predicted octanol–water partition coefficient (Wildman–Crippen LogP) is 3.08. The van der Waals surface area contributed by atoms with Gasteiger partial charge in [-0.2, -0.15) is 0 Å². The maximum Gasteiger partial charge on any atom is 0.0803 e. The molecule has 0 heterocycles. The molecule has 2 N–H and O–H groups in total. The average molecular weight is 246 g/mol. The molecular formula is C11H16ClNOS. The minimum atomic E-state index is -1.08. The second-order valence-corrected chi connectivity index (χ2v) is 5.81. The number of nitrogens with two attached hydrogens (primary N) is 1. The van der Waals surface area contributed by atoms with Gasteiger partial charge in [-0.05, 0) is 24.5 Å². The van der Waals surface area contributed by atoms with E-state index in [2.05, 4.69) is 13.8 Å². The lowest BCUT2D eigenvalue weighted by atomic mass is 10.2. The highest BCUT2D eigenvalue weighted by atomic mass is 35.5. The average Bonchev–Trinajstić information content (AvgIpc) is 2.14. The molecule has 1 aromatic rings. The van der Waals surface area contributed by atoms with E-state index in [0.29, 0.717) is 27.3 Å². The molecule has 0 amide bonds. The van der Waals surface area contributed by atoms with Gasteiger partial charge >= 0.3 is 0 Å². The number of nitrogen functional groups attached to an aromatic ring is 1. The number of anilines is 1. The van der Waals surface area contributed by atoms with Crippen molar-refractivity contribution in [2.24, 2.45) is 5.92 Å². The van der Waals surface area contributed by atoms with E-state index in [4.69, 9.17) is 17.3 Å². The van der Waals surface area contributed by atoms with E-state index in [0.717, 1.165) is 6.42 Å². The van der Waals surface area contributed by atoms with Gasteiger partial charge in [-0.25, -0.2) is 0 Å². The zero-order valence-corrected chi connectivity index (χ0v) is 10.6. The van der Waals surface area contributed by atoms with Crippen LogP contribution >= 0.6 is 11.6 Å². The van der Waals surface area contributed by atoms with Crippen LogP contribution in [0.2, 0.25) is 5.02 Å². The molecule has 0 saturated heterocycles. The van der Waals surface area contributed by atoms with Crippen molar-refractivity contribution in [3.05, 3.63) is 23.2 Å². The van der Waals surface area contributed by atoms with Gasteiger partial charge in [0, 0.05) is 11.4 Å². The van der Waals surface area contributed by atoms with Gasteiger partial charge in [0.25, 0.3) is 0 Å². The molecule has 1 rings (SSSR count). The highest BCUT2D eigenvalue weighted by Crippen LogP contribution is 2.26. The number of rotatable bonds is 4. The van der Waals surface area contributed by atoms with Gasteiger partial charge in [-0.1, -0.05) is 31.5 Å². The van der Waals surface area contributed by atoms with E-state index in [1.54, 1.807) is 18.2 Å². The Bertz CT molecular complexity index is 345. The first-order valence-corrected chi connectivity index (χ1v) is 6.64. The normalized spacial score (nSPS) is 13.1. The van der Waals surface area contributed by atoms with Crippen LogP contribution in [0.25, 0.3) is 0 Å². The van der Waals surface area contributed by atoms with Crippen LogP contribution in [0.3, 0.4) is 0 Å². The summed E-state index contributed by atoms with van der Waals surface area (Å²) in [7, 11) is -1.08. The molecule has 0 saturated carbocycles. The molecule has 4 heteroatoms. The van der Waals surface area contributed by atoms with Crippen LogP contribution < -0.4 is 5.73 Å². The Morgan fingerprint density at radius 2 is 2.13 bits per heavy atom. The standard InChI is InChI=1S/C11H16ClNOS/c1-8(2)6-7-15(14)11-9(12)4-3-5-10(11)13/h3-5,8H,6-7,13H2,1-2H3. The van der Waals surface area contributed by atoms with Crippen molar-refractivity contribution in [2.45, 2.75) is 25.2 Å². The maximum absolute atomic E-state index is 11.9. The van der Waals surface area contributed by atoms with Crippen molar-refractivity contribution in [3.8, 4) is 0 Å². The molecule has 0 aromatic heterocycles. The van der Waals surface area contributed by atoms with Gasteiger partial charge in [0.15, 0.2) is 0 Å². The first-order valence-electron chi connectivity index (χ1n) is 4.94. The van der Waals surface area contributed by atoms with E-state index < -0.39 is 10.8 Å². The fourth-order valence-corrected chi connectivity index (χ4v) is 3.16. The van der Waals surface area contributed by atoms with Gasteiger partial charge in [-0.15, -0.1) is 0 Å². The third-order valence-electron chi connectivity index (χ3n) is 2.11. The Kier molecular flexibility index (Phi) is 4.61. The molecule has 1 unspecified atom stereocenters. The number of halogens is 1. The topological polar surface area (TPSA) is 43.1 Å². The van der Waals surface area contributed by atoms with Crippen LogP contribution in [0, 0.1) is 5.92 Å². The third kappa shape index (κ3) is 3.50. The van der Waals surface area contributed by atoms with Gasteiger partial charge in [0.2, 0.25) is 0 Å². The maximum atomic E-state index is 11.9. The molecule has 1 atom stereocenters. The summed E-state index contributed by atoms with van der Waals surface area (Å²) in [6, 6.07) is 5.22. The lowest BCUT2D eigenvalue weighted by molar-refractivity contribution is 0.619. The molecular weight excluding hydrogens is 230 g/mol. The highest BCUT2D eigenvalue weighted by molar-refractivity contribution is 7.85. The zero-order chi connectivity index (χ0) is 11.4. The van der Waals surface area contributed by atoms with Crippen LogP contribution in [0.5, 0.6) is 0 Å². The highest BCUT2D eigenvalue weighted by Gasteiger charge is 2.12. The van der Waals surface area contributed by atoms with Gasteiger partial charge in [0.1, 0.15) is 0 Å². The lowest BCUT2D eigenvalue weighted by Gasteiger charge is -2.08. The van der Waals surface area contributed by atoms with Gasteiger partial charge < -0.3 is 5.73 Å². The minimum Gasteiger partial charge on any atom is -0.398 e. The van der Waals surface area contributed by atoms with Crippen molar-refractivity contribution < 1.29 is 4.21 Å². The van der Waals surface area contributed by atoms with Crippen LogP contribution in [-0.4, -0.2) is 9.96 Å². The number of hydrogen-bond donors (Lipinski definition) is 1. The van der Waals surface area contributed by atoms with E-state index in [1.165, 1.54) is 0 Å². The van der Waals surface area contributed by atoms with Gasteiger partial charge in [0.05, 0.1) is 20.7 Å². The Hall–Kier alpha value is -0.540. The zero-order valence-electron chi connectivity index (χ0n) is 9.00. The molecule has 0 aliphatic carbocycles. The van der Waals surface area contributed by atoms with Crippen molar-refractivity contribution in [3.63, 3.8) is 0 Å². The predicted molar refractivity (Wildman–Crippen MR) is 66.6 cm³/mol. The fourth-order valence-electron chi connectivity index (χ4n) is 1.21. The largest absolute Gasteiger partial charge is 0.398 e. The fraction of sp³-hybridized carbons (Fsp3) is 0.455. The Morgan fingerprint density at radius 1 is 1.47 bits per heavy atom. The molecule has 0 aliphatic heterocycles. The Labute approximate surface area is 98.3 Å². The summed E-state index contributed by atoms with van der Waals surface area (Å²) in [5.74, 6) is 1.16. The molecule has 0 aliphatic rings. The smallest absolute Gasteiger partial charge is 0.0803 e.